The van der Waals surface area contributed by atoms with Gasteiger partial charge < -0.3 is 19.8 Å². The van der Waals surface area contributed by atoms with Crippen molar-refractivity contribution in [2.45, 2.75) is 25.3 Å². The van der Waals surface area contributed by atoms with Gasteiger partial charge in [0.25, 0.3) is 5.91 Å². The van der Waals surface area contributed by atoms with Gasteiger partial charge in [-0.25, -0.2) is 0 Å². The van der Waals surface area contributed by atoms with Crippen LogP contribution in [0.15, 0.2) is 48.7 Å². The molecule has 1 aromatic carbocycles. The molecule has 0 bridgehead atoms. The Morgan fingerprint density at radius 3 is 2.81 bits per heavy atom. The zero-order valence-electron chi connectivity index (χ0n) is 15.4. The topological polar surface area (TPSA) is 70.1 Å². The number of fused-ring (bicyclic) bond motifs is 1. The van der Waals surface area contributed by atoms with Gasteiger partial charge in [-0.05, 0) is 43.5 Å². The minimum Gasteiger partial charge on any atom is -0.353 e. The van der Waals surface area contributed by atoms with Gasteiger partial charge in [0.1, 0.15) is 5.69 Å². The van der Waals surface area contributed by atoms with Gasteiger partial charge in [0.2, 0.25) is 5.91 Å². The Balaban J connectivity index is 1.43. The van der Waals surface area contributed by atoms with E-state index in [1.807, 2.05) is 54.5 Å². The Morgan fingerprint density at radius 1 is 1.19 bits per heavy atom. The van der Waals surface area contributed by atoms with Crippen LogP contribution >= 0.6 is 0 Å². The van der Waals surface area contributed by atoms with Gasteiger partial charge in [0.15, 0.2) is 0 Å². The number of aromatic nitrogens is 2. The number of nitrogens with one attached hydrogen (secondary N) is 2. The molecule has 6 heteroatoms. The standard InChI is InChI=1S/C21H24N4O2/c1-24-11-6-10-18(24)19-9-4-5-12-25(19)20(26)14-22-21(27)17-13-15-7-2-3-8-16(15)23-17/h2-3,6-8,10-11,13,19,23H,4-5,9,12,14H2,1H3,(H,22,27). The smallest absolute Gasteiger partial charge is 0.268 e. The highest BCUT2D eigenvalue weighted by Gasteiger charge is 2.29. The fraction of sp³-hybridized carbons (Fsp3) is 0.333. The molecule has 3 heterocycles. The maximum Gasteiger partial charge on any atom is 0.268 e. The number of piperidine rings is 1. The molecule has 1 fully saturated rings. The summed E-state index contributed by atoms with van der Waals surface area (Å²) in [7, 11) is 2.00. The van der Waals surface area contributed by atoms with Gasteiger partial charge in [-0.1, -0.05) is 18.2 Å². The lowest BCUT2D eigenvalue weighted by Crippen LogP contribution is -2.44. The largest absolute Gasteiger partial charge is 0.353 e. The summed E-state index contributed by atoms with van der Waals surface area (Å²) in [6, 6.07) is 13.7. The van der Waals surface area contributed by atoms with Crippen LogP contribution in [0, 0.1) is 0 Å². The molecule has 2 amide bonds. The third-order valence-corrected chi connectivity index (χ3v) is 5.32. The van der Waals surface area contributed by atoms with Gasteiger partial charge in [-0.15, -0.1) is 0 Å². The summed E-state index contributed by atoms with van der Waals surface area (Å²) in [5.74, 6) is -0.294. The van der Waals surface area contributed by atoms with Crippen molar-refractivity contribution in [2.24, 2.45) is 7.05 Å². The van der Waals surface area contributed by atoms with Crippen molar-refractivity contribution >= 4 is 22.7 Å². The fourth-order valence-corrected chi connectivity index (χ4v) is 3.91. The van der Waals surface area contributed by atoms with Gasteiger partial charge in [-0.3, -0.25) is 9.59 Å². The molecular formula is C21H24N4O2. The zero-order valence-corrected chi connectivity index (χ0v) is 15.4. The maximum absolute atomic E-state index is 12.8. The van der Waals surface area contributed by atoms with Crippen molar-refractivity contribution < 1.29 is 9.59 Å². The number of likely N-dealkylation sites (tertiary alicyclic amines) is 1. The van der Waals surface area contributed by atoms with E-state index in [2.05, 4.69) is 20.9 Å². The molecule has 0 radical (unpaired) electrons. The van der Waals surface area contributed by atoms with Gasteiger partial charge in [0.05, 0.1) is 12.6 Å². The molecule has 1 unspecified atom stereocenters. The number of benzene rings is 1. The van der Waals surface area contributed by atoms with E-state index in [0.717, 1.165) is 42.4 Å². The summed E-state index contributed by atoms with van der Waals surface area (Å²) >= 11 is 0. The number of hydrogen-bond acceptors (Lipinski definition) is 2. The number of hydrogen-bond donors (Lipinski definition) is 2. The summed E-state index contributed by atoms with van der Waals surface area (Å²) in [6.45, 7) is 0.742. The van der Waals surface area contributed by atoms with Crippen molar-refractivity contribution in [1.82, 2.24) is 19.8 Å². The van der Waals surface area contributed by atoms with Gasteiger partial charge >= 0.3 is 0 Å². The second-order valence-corrected chi connectivity index (χ2v) is 7.10. The highest BCUT2D eigenvalue weighted by Crippen LogP contribution is 2.30. The minimum atomic E-state index is -0.257. The lowest BCUT2D eigenvalue weighted by molar-refractivity contribution is -0.134. The SMILES string of the molecule is Cn1cccc1C1CCCCN1C(=O)CNC(=O)c1cc2ccccc2[nH]1. The van der Waals surface area contributed by atoms with Crippen LogP contribution in [0.25, 0.3) is 10.9 Å². The quantitative estimate of drug-likeness (QED) is 0.747. The molecule has 1 atom stereocenters. The lowest BCUT2D eigenvalue weighted by atomic mass is 9.99. The van der Waals surface area contributed by atoms with Crippen molar-refractivity contribution in [3.8, 4) is 0 Å². The first-order valence-corrected chi connectivity index (χ1v) is 9.40. The van der Waals surface area contributed by atoms with Crippen molar-refractivity contribution in [2.75, 3.05) is 13.1 Å². The molecule has 0 aliphatic carbocycles. The van der Waals surface area contributed by atoms with Crippen LogP contribution in [-0.2, 0) is 11.8 Å². The number of amides is 2. The van der Waals surface area contributed by atoms with E-state index in [1.165, 1.54) is 0 Å². The van der Waals surface area contributed by atoms with Crippen LogP contribution in [0.1, 0.15) is 41.5 Å². The van der Waals surface area contributed by atoms with E-state index in [4.69, 9.17) is 0 Å². The van der Waals surface area contributed by atoms with E-state index in [9.17, 15) is 9.59 Å². The molecule has 2 aromatic heterocycles. The van der Waals surface area contributed by atoms with Crippen molar-refractivity contribution in [1.29, 1.82) is 0 Å². The Morgan fingerprint density at radius 2 is 2.04 bits per heavy atom. The molecule has 140 valence electrons. The molecular weight excluding hydrogens is 340 g/mol. The van der Waals surface area contributed by atoms with Crippen LogP contribution in [-0.4, -0.2) is 39.4 Å². The zero-order chi connectivity index (χ0) is 18.8. The summed E-state index contributed by atoms with van der Waals surface area (Å²) in [5, 5.41) is 3.75. The number of aryl methyl sites for hydroxylation is 1. The average molecular weight is 364 g/mol. The third-order valence-electron chi connectivity index (χ3n) is 5.32. The predicted molar refractivity (Wildman–Crippen MR) is 104 cm³/mol. The number of H-pyrrole nitrogens is 1. The molecule has 1 saturated heterocycles. The average Bonchev–Trinajstić information content (AvgIpc) is 3.31. The van der Waals surface area contributed by atoms with Gasteiger partial charge in [-0.2, -0.15) is 0 Å². The van der Waals surface area contributed by atoms with Crippen molar-refractivity contribution in [3.05, 3.63) is 60.0 Å². The molecule has 4 rings (SSSR count). The van der Waals surface area contributed by atoms with Crippen LogP contribution in [0.2, 0.25) is 0 Å². The Hall–Kier alpha value is -3.02. The van der Waals surface area contributed by atoms with Crippen LogP contribution in [0.5, 0.6) is 0 Å². The molecule has 1 aliphatic heterocycles. The van der Waals surface area contributed by atoms with Crippen LogP contribution in [0.3, 0.4) is 0 Å². The Bertz CT molecular complexity index is 938. The van der Waals surface area contributed by atoms with E-state index < -0.39 is 0 Å². The minimum absolute atomic E-state index is 0.00905. The first kappa shape index (κ1) is 17.4. The lowest BCUT2D eigenvalue weighted by Gasteiger charge is -2.36. The van der Waals surface area contributed by atoms with E-state index in [-0.39, 0.29) is 24.4 Å². The second kappa shape index (κ2) is 7.31. The number of rotatable bonds is 4. The first-order chi connectivity index (χ1) is 13.1. The summed E-state index contributed by atoms with van der Waals surface area (Å²) < 4.78 is 2.07. The summed E-state index contributed by atoms with van der Waals surface area (Å²) in [5.41, 5.74) is 2.53. The molecule has 0 saturated carbocycles. The Labute approximate surface area is 158 Å². The normalized spacial score (nSPS) is 17.2. The summed E-state index contributed by atoms with van der Waals surface area (Å²) in [4.78, 5) is 30.3. The van der Waals surface area contributed by atoms with Crippen molar-refractivity contribution in [3.63, 3.8) is 0 Å². The number of carbonyl (C=O) groups is 2. The third kappa shape index (κ3) is 3.47. The fourth-order valence-electron chi connectivity index (χ4n) is 3.91. The van der Waals surface area contributed by atoms with E-state index in [0.29, 0.717) is 5.69 Å². The van der Waals surface area contributed by atoms with Crippen LogP contribution < -0.4 is 5.32 Å². The number of nitrogens with zero attached hydrogens (tertiary/aromatic N) is 2. The number of para-hydroxylation sites is 1. The van der Waals surface area contributed by atoms with Crippen LogP contribution in [0.4, 0.5) is 0 Å². The molecule has 0 spiro atoms. The molecule has 27 heavy (non-hydrogen) atoms. The number of aromatic amines is 1. The monoisotopic (exact) mass is 364 g/mol. The molecule has 3 aromatic rings. The molecule has 1 aliphatic rings. The Kier molecular flexibility index (Phi) is 4.71. The highest BCUT2D eigenvalue weighted by molar-refractivity contribution is 5.99. The number of carbonyl (C=O) groups excluding carboxylic acids is 2. The second-order valence-electron chi connectivity index (χ2n) is 7.10. The summed E-state index contributed by atoms with van der Waals surface area (Å²) in [6.07, 6.45) is 5.08. The predicted octanol–water partition coefficient (Wildman–Crippen LogP) is 2.99. The molecule has 2 N–H and O–H groups in total. The first-order valence-electron chi connectivity index (χ1n) is 9.40. The van der Waals surface area contributed by atoms with E-state index in [1.54, 1.807) is 0 Å². The van der Waals surface area contributed by atoms with E-state index >= 15 is 0 Å². The maximum atomic E-state index is 12.8. The van der Waals surface area contributed by atoms with Gasteiger partial charge in [0, 0.05) is 36.4 Å². The highest BCUT2D eigenvalue weighted by atomic mass is 16.2. The molecule has 6 nitrogen and oxygen atoms in total.